The molecule has 0 atom stereocenters. The van der Waals surface area contributed by atoms with Crippen molar-refractivity contribution in [1.82, 2.24) is 9.13 Å². The Hall–Kier alpha value is -1.55. The summed E-state index contributed by atoms with van der Waals surface area (Å²) in [5.74, 6) is 0. The molecule has 0 unspecified atom stereocenters. The Morgan fingerprint density at radius 1 is 1.29 bits per heavy atom. The third kappa shape index (κ3) is 1.15. The Morgan fingerprint density at radius 2 is 1.93 bits per heavy atom. The zero-order chi connectivity index (χ0) is 10.1. The van der Waals surface area contributed by atoms with Gasteiger partial charge in [0.15, 0.2) is 0 Å². The molecule has 0 aliphatic rings. The molecular formula is C10H13N3O. The van der Waals surface area contributed by atoms with Crippen LogP contribution in [0.5, 0.6) is 0 Å². The summed E-state index contributed by atoms with van der Waals surface area (Å²) < 4.78 is 3.61. The number of benzene rings is 1. The van der Waals surface area contributed by atoms with E-state index in [0.717, 1.165) is 11.0 Å². The molecule has 74 valence electrons. The topological polar surface area (TPSA) is 53.9 Å². The Balaban J connectivity index is 2.81. The summed E-state index contributed by atoms with van der Waals surface area (Å²) in [6.07, 6.45) is 0. The number of imidazole rings is 1. The second kappa shape index (κ2) is 3.31. The van der Waals surface area contributed by atoms with E-state index in [4.69, 9.17) is 10.5 Å². The van der Waals surface area contributed by atoms with E-state index >= 15 is 0 Å². The van der Waals surface area contributed by atoms with Crippen LogP contribution < -0.4 is 5.62 Å². The summed E-state index contributed by atoms with van der Waals surface area (Å²) in [5, 5.41) is 16.7. The lowest BCUT2D eigenvalue weighted by molar-refractivity contribution is 0.275. The minimum absolute atomic E-state index is 0.0601. The van der Waals surface area contributed by atoms with E-state index in [1.165, 1.54) is 0 Å². The first kappa shape index (κ1) is 9.02. The van der Waals surface area contributed by atoms with Gasteiger partial charge in [0.05, 0.1) is 17.6 Å². The third-order valence-corrected chi connectivity index (χ3v) is 2.43. The Kier molecular flexibility index (Phi) is 2.13. The molecule has 1 aromatic heterocycles. The van der Waals surface area contributed by atoms with Crippen molar-refractivity contribution in [2.24, 2.45) is 7.05 Å². The van der Waals surface area contributed by atoms with E-state index in [1.807, 2.05) is 35.9 Å². The van der Waals surface area contributed by atoms with Gasteiger partial charge in [-0.1, -0.05) is 12.1 Å². The maximum Gasteiger partial charge on any atom is 0.202 e. The van der Waals surface area contributed by atoms with Gasteiger partial charge in [0.1, 0.15) is 0 Å². The number of nitrogens with zero attached hydrogens (tertiary/aromatic N) is 2. The van der Waals surface area contributed by atoms with Crippen molar-refractivity contribution in [1.29, 1.82) is 5.41 Å². The highest BCUT2D eigenvalue weighted by molar-refractivity contribution is 5.75. The molecule has 0 bridgehead atoms. The number of fused-ring (bicyclic) bond motifs is 1. The summed E-state index contributed by atoms with van der Waals surface area (Å²) in [5.41, 5.74) is 2.43. The van der Waals surface area contributed by atoms with Crippen molar-refractivity contribution < 1.29 is 5.11 Å². The van der Waals surface area contributed by atoms with E-state index in [0.29, 0.717) is 12.2 Å². The molecule has 2 aromatic rings. The Bertz CT molecular complexity index is 510. The standard InChI is InChI=1S/C10H13N3O/c1-12-8-4-2-3-5-9(8)13(6-7-14)10(12)11/h2-5,11,14H,6-7H2,1H3. The van der Waals surface area contributed by atoms with E-state index in [1.54, 1.807) is 4.57 Å². The van der Waals surface area contributed by atoms with Crippen molar-refractivity contribution in [3.8, 4) is 0 Å². The molecule has 1 aromatic carbocycles. The molecule has 2 rings (SSSR count). The lowest BCUT2D eigenvalue weighted by atomic mass is 10.3. The maximum absolute atomic E-state index is 8.90. The van der Waals surface area contributed by atoms with Crippen molar-refractivity contribution >= 4 is 11.0 Å². The van der Waals surface area contributed by atoms with Gasteiger partial charge in [0, 0.05) is 13.6 Å². The first-order chi connectivity index (χ1) is 6.75. The quantitative estimate of drug-likeness (QED) is 0.711. The average Bonchev–Trinajstić information content (AvgIpc) is 2.45. The fourth-order valence-corrected chi connectivity index (χ4v) is 1.71. The maximum atomic E-state index is 8.90. The highest BCUT2D eigenvalue weighted by Gasteiger charge is 2.05. The summed E-state index contributed by atoms with van der Waals surface area (Å²) >= 11 is 0. The molecule has 1 heterocycles. The lowest BCUT2D eigenvalue weighted by Crippen LogP contribution is -2.23. The predicted octanol–water partition coefficient (Wildman–Crippen LogP) is 0.452. The number of para-hydroxylation sites is 2. The van der Waals surface area contributed by atoms with E-state index < -0.39 is 0 Å². The van der Waals surface area contributed by atoms with Crippen molar-refractivity contribution in [2.75, 3.05) is 6.61 Å². The number of hydrogen-bond donors (Lipinski definition) is 2. The number of hydrogen-bond acceptors (Lipinski definition) is 2. The van der Waals surface area contributed by atoms with E-state index in [2.05, 4.69) is 0 Å². The Morgan fingerprint density at radius 3 is 2.57 bits per heavy atom. The largest absolute Gasteiger partial charge is 0.395 e. The van der Waals surface area contributed by atoms with Gasteiger partial charge in [-0.05, 0) is 12.1 Å². The van der Waals surface area contributed by atoms with Crippen LogP contribution in [-0.2, 0) is 13.6 Å². The van der Waals surface area contributed by atoms with Crippen LogP contribution in [0, 0.1) is 5.41 Å². The minimum Gasteiger partial charge on any atom is -0.395 e. The summed E-state index contributed by atoms with van der Waals surface area (Å²) in [6.45, 7) is 0.532. The molecule has 0 aliphatic heterocycles. The van der Waals surface area contributed by atoms with E-state index in [9.17, 15) is 0 Å². The second-order valence-electron chi connectivity index (χ2n) is 3.25. The van der Waals surface area contributed by atoms with Gasteiger partial charge >= 0.3 is 0 Å². The van der Waals surface area contributed by atoms with Gasteiger partial charge in [-0.2, -0.15) is 0 Å². The van der Waals surface area contributed by atoms with Gasteiger partial charge in [0.2, 0.25) is 5.62 Å². The first-order valence-corrected chi connectivity index (χ1v) is 4.55. The fraction of sp³-hybridized carbons (Fsp3) is 0.300. The molecule has 0 aliphatic carbocycles. The van der Waals surface area contributed by atoms with Crippen LogP contribution in [0.25, 0.3) is 11.0 Å². The SMILES string of the molecule is Cn1c(=N)n(CCO)c2ccccc21. The molecule has 2 N–H and O–H groups in total. The molecule has 0 saturated heterocycles. The van der Waals surface area contributed by atoms with Gasteiger partial charge < -0.3 is 14.2 Å². The normalized spacial score (nSPS) is 11.0. The number of aromatic nitrogens is 2. The average molecular weight is 191 g/mol. The molecule has 0 amide bonds. The second-order valence-corrected chi connectivity index (χ2v) is 3.25. The summed E-state index contributed by atoms with van der Waals surface area (Å²) in [6, 6.07) is 7.82. The Labute approximate surface area is 81.5 Å². The molecule has 14 heavy (non-hydrogen) atoms. The van der Waals surface area contributed by atoms with Crippen LogP contribution in [0.2, 0.25) is 0 Å². The van der Waals surface area contributed by atoms with Crippen LogP contribution in [-0.4, -0.2) is 20.8 Å². The fourth-order valence-electron chi connectivity index (χ4n) is 1.71. The van der Waals surface area contributed by atoms with Gasteiger partial charge in [-0.15, -0.1) is 0 Å². The zero-order valence-electron chi connectivity index (χ0n) is 8.07. The van der Waals surface area contributed by atoms with Gasteiger partial charge in [-0.25, -0.2) is 0 Å². The van der Waals surface area contributed by atoms with Crippen LogP contribution in [0.15, 0.2) is 24.3 Å². The number of aryl methyl sites for hydroxylation is 1. The first-order valence-electron chi connectivity index (χ1n) is 4.55. The number of rotatable bonds is 2. The van der Waals surface area contributed by atoms with E-state index in [-0.39, 0.29) is 6.61 Å². The smallest absolute Gasteiger partial charge is 0.202 e. The van der Waals surface area contributed by atoms with Crippen LogP contribution in [0.4, 0.5) is 0 Å². The minimum atomic E-state index is 0.0601. The summed E-state index contributed by atoms with van der Waals surface area (Å²) in [7, 11) is 1.86. The number of nitrogens with one attached hydrogen (secondary N) is 1. The monoisotopic (exact) mass is 191 g/mol. The van der Waals surface area contributed by atoms with Crippen molar-refractivity contribution in [3.63, 3.8) is 0 Å². The predicted molar refractivity (Wildman–Crippen MR) is 53.8 cm³/mol. The van der Waals surface area contributed by atoms with Crippen molar-refractivity contribution in [2.45, 2.75) is 6.54 Å². The molecule has 0 spiro atoms. The molecule has 4 nitrogen and oxygen atoms in total. The molecule has 4 heteroatoms. The van der Waals surface area contributed by atoms with Crippen LogP contribution >= 0.6 is 0 Å². The van der Waals surface area contributed by atoms with Gasteiger partial charge in [0.25, 0.3) is 0 Å². The molecule has 0 radical (unpaired) electrons. The highest BCUT2D eigenvalue weighted by atomic mass is 16.3. The molecule has 0 saturated carbocycles. The number of aliphatic hydroxyl groups is 1. The highest BCUT2D eigenvalue weighted by Crippen LogP contribution is 2.10. The lowest BCUT2D eigenvalue weighted by Gasteiger charge is -1.99. The third-order valence-electron chi connectivity index (χ3n) is 2.43. The van der Waals surface area contributed by atoms with Crippen LogP contribution in [0.1, 0.15) is 0 Å². The van der Waals surface area contributed by atoms with Gasteiger partial charge in [-0.3, -0.25) is 5.41 Å². The molecule has 0 fully saturated rings. The summed E-state index contributed by atoms with van der Waals surface area (Å²) in [4.78, 5) is 0. The number of aliphatic hydroxyl groups excluding tert-OH is 1. The zero-order valence-corrected chi connectivity index (χ0v) is 8.07. The van der Waals surface area contributed by atoms with Crippen molar-refractivity contribution in [3.05, 3.63) is 29.9 Å². The molecular weight excluding hydrogens is 178 g/mol. The van der Waals surface area contributed by atoms with Crippen LogP contribution in [0.3, 0.4) is 0 Å².